The molecule has 0 aromatic heterocycles. The number of rotatable bonds is 7. The van der Waals surface area contributed by atoms with E-state index in [4.69, 9.17) is 25.8 Å². The lowest BCUT2D eigenvalue weighted by molar-refractivity contribution is 0.179. The minimum atomic E-state index is -3.57. The maximum Gasteiger partial charge on any atom is 0.243 e. The zero-order valence-corrected chi connectivity index (χ0v) is 20.1. The number of benzene rings is 2. The summed E-state index contributed by atoms with van der Waals surface area (Å²) < 4.78 is 44.3. The Hall–Kier alpha value is -2.00. The average Bonchev–Trinajstić information content (AvgIpc) is 2.76. The Morgan fingerprint density at radius 2 is 1.55 bits per heavy atom. The number of ether oxygens (including phenoxy) is 3. The minimum absolute atomic E-state index is 0.324. The molecule has 1 aliphatic heterocycles. The number of halogens is 1. The highest BCUT2D eigenvalue weighted by Gasteiger charge is 2.30. The summed E-state index contributed by atoms with van der Waals surface area (Å²) in [4.78, 5) is 2.53. The molecule has 0 bridgehead atoms. The van der Waals surface area contributed by atoms with Crippen LogP contribution in [0, 0.1) is 13.8 Å². The molecule has 7 nitrogen and oxygen atoms in total. The van der Waals surface area contributed by atoms with Gasteiger partial charge in [-0.05, 0) is 43.2 Å². The molecule has 0 saturated carbocycles. The van der Waals surface area contributed by atoms with Crippen molar-refractivity contribution in [2.24, 2.45) is 0 Å². The van der Waals surface area contributed by atoms with Crippen LogP contribution in [0.3, 0.4) is 0 Å². The van der Waals surface area contributed by atoms with Crippen molar-refractivity contribution in [2.75, 3.05) is 47.5 Å². The average molecular weight is 469 g/mol. The lowest BCUT2D eigenvalue weighted by Gasteiger charge is -2.34. The fraction of sp³-hybridized carbons (Fsp3) is 0.455. The molecule has 2 aromatic carbocycles. The molecule has 2 aromatic rings. The highest BCUT2D eigenvalue weighted by molar-refractivity contribution is 7.89. The van der Waals surface area contributed by atoms with E-state index in [0.717, 1.165) is 11.1 Å². The number of aryl methyl sites for hydroxylation is 2. The number of nitrogens with zero attached hydrogens (tertiary/aromatic N) is 2. The summed E-state index contributed by atoms with van der Waals surface area (Å²) in [6, 6.07) is 7.17. The van der Waals surface area contributed by atoms with E-state index in [-0.39, 0.29) is 0 Å². The topological polar surface area (TPSA) is 68.3 Å². The van der Waals surface area contributed by atoms with Gasteiger partial charge in [0.15, 0.2) is 11.5 Å². The first-order valence-corrected chi connectivity index (χ1v) is 11.8. The van der Waals surface area contributed by atoms with Gasteiger partial charge < -0.3 is 14.2 Å². The van der Waals surface area contributed by atoms with Crippen LogP contribution in [0.25, 0.3) is 0 Å². The van der Waals surface area contributed by atoms with Gasteiger partial charge in [0.25, 0.3) is 0 Å². The van der Waals surface area contributed by atoms with Gasteiger partial charge in [-0.15, -0.1) is 0 Å². The largest absolute Gasteiger partial charge is 0.493 e. The van der Waals surface area contributed by atoms with Gasteiger partial charge in [0.2, 0.25) is 15.8 Å². The highest BCUT2D eigenvalue weighted by atomic mass is 35.5. The molecule has 0 N–H and O–H groups in total. The number of hydrogen-bond acceptors (Lipinski definition) is 6. The van der Waals surface area contributed by atoms with Gasteiger partial charge in [-0.3, -0.25) is 4.90 Å². The van der Waals surface area contributed by atoms with E-state index in [9.17, 15) is 8.42 Å². The number of hydrogen-bond donors (Lipinski definition) is 0. The van der Waals surface area contributed by atoms with Gasteiger partial charge in [0.1, 0.15) is 0 Å². The summed E-state index contributed by atoms with van der Waals surface area (Å²) in [7, 11) is 1.19. The SMILES string of the molecule is COc1ccc(CN2CCN(S(=O)(=O)c3cc(C)c(Cl)cc3C)CC2)c(OC)c1OC. The molecule has 0 radical (unpaired) electrons. The van der Waals surface area contributed by atoms with Crippen LogP contribution in [0.5, 0.6) is 17.2 Å². The van der Waals surface area contributed by atoms with E-state index in [1.807, 2.05) is 19.1 Å². The van der Waals surface area contributed by atoms with Crippen molar-refractivity contribution in [3.63, 3.8) is 0 Å². The molecule has 0 amide bonds. The zero-order valence-electron chi connectivity index (χ0n) is 18.6. The third-order valence-corrected chi connectivity index (χ3v) is 8.03. The summed E-state index contributed by atoms with van der Waals surface area (Å²) in [6.45, 7) is 6.27. The van der Waals surface area contributed by atoms with Crippen molar-refractivity contribution in [3.05, 3.63) is 46.0 Å². The van der Waals surface area contributed by atoms with Crippen LogP contribution >= 0.6 is 11.6 Å². The van der Waals surface area contributed by atoms with E-state index in [1.54, 1.807) is 44.7 Å². The predicted molar refractivity (Wildman–Crippen MR) is 121 cm³/mol. The Balaban J connectivity index is 1.74. The second-order valence-corrected chi connectivity index (χ2v) is 9.85. The summed E-state index contributed by atoms with van der Waals surface area (Å²) in [5.74, 6) is 1.79. The van der Waals surface area contributed by atoms with E-state index in [2.05, 4.69) is 4.90 Å². The molecule has 1 saturated heterocycles. The molecule has 9 heteroatoms. The van der Waals surface area contributed by atoms with E-state index in [1.165, 1.54) is 0 Å². The maximum absolute atomic E-state index is 13.2. The Labute approximate surface area is 189 Å². The molecule has 3 rings (SSSR count). The molecular weight excluding hydrogens is 440 g/mol. The standard InChI is InChI=1S/C22H29ClN2O5S/c1-15-13-20(16(2)12-18(15)23)31(26,27)25-10-8-24(9-11-25)14-17-6-7-19(28-3)22(30-5)21(17)29-4/h6-7,12-13H,8-11,14H2,1-5H3. The van der Waals surface area contributed by atoms with Gasteiger partial charge in [0.05, 0.1) is 26.2 Å². The van der Waals surface area contributed by atoms with Gasteiger partial charge in [-0.2, -0.15) is 4.31 Å². The molecule has 0 unspecified atom stereocenters. The molecule has 31 heavy (non-hydrogen) atoms. The second-order valence-electron chi connectivity index (χ2n) is 7.54. The molecule has 0 aliphatic carbocycles. The maximum atomic E-state index is 13.2. The summed E-state index contributed by atoms with van der Waals surface area (Å²) >= 11 is 6.14. The van der Waals surface area contributed by atoms with Gasteiger partial charge >= 0.3 is 0 Å². The normalized spacial score (nSPS) is 15.7. The summed E-state index contributed by atoms with van der Waals surface area (Å²) in [5.41, 5.74) is 2.37. The summed E-state index contributed by atoms with van der Waals surface area (Å²) in [5, 5.41) is 0.574. The van der Waals surface area contributed by atoms with Crippen LogP contribution in [-0.2, 0) is 16.6 Å². The quantitative estimate of drug-likeness (QED) is 0.619. The van der Waals surface area contributed by atoms with E-state index >= 15 is 0 Å². The first-order chi connectivity index (χ1) is 14.7. The van der Waals surface area contributed by atoms with Crippen LogP contribution in [0.15, 0.2) is 29.2 Å². The third kappa shape index (κ3) is 4.77. The Morgan fingerprint density at radius 1 is 0.903 bits per heavy atom. The highest BCUT2D eigenvalue weighted by Crippen LogP contribution is 2.40. The molecule has 1 aliphatic rings. The second kappa shape index (κ2) is 9.65. The fourth-order valence-electron chi connectivity index (χ4n) is 3.83. The monoisotopic (exact) mass is 468 g/mol. The number of piperazine rings is 1. The third-order valence-electron chi connectivity index (χ3n) is 5.58. The first-order valence-electron chi connectivity index (χ1n) is 10.00. The van der Waals surface area contributed by atoms with Crippen molar-refractivity contribution in [1.29, 1.82) is 0 Å². The summed E-state index contributed by atoms with van der Waals surface area (Å²) in [6.07, 6.45) is 0. The zero-order chi connectivity index (χ0) is 22.8. The Bertz CT molecular complexity index is 1050. The smallest absolute Gasteiger partial charge is 0.243 e. The molecule has 0 atom stereocenters. The number of methoxy groups -OCH3 is 3. The van der Waals surface area contributed by atoms with Gasteiger partial charge in [-0.1, -0.05) is 17.7 Å². The van der Waals surface area contributed by atoms with Crippen molar-refractivity contribution < 1.29 is 22.6 Å². The van der Waals surface area contributed by atoms with Crippen molar-refractivity contribution in [2.45, 2.75) is 25.3 Å². The number of sulfonamides is 1. The van der Waals surface area contributed by atoms with Crippen LogP contribution in [-0.4, -0.2) is 65.1 Å². The van der Waals surface area contributed by atoms with E-state index < -0.39 is 10.0 Å². The Kier molecular flexibility index (Phi) is 7.36. The van der Waals surface area contributed by atoms with Crippen LogP contribution in [0.1, 0.15) is 16.7 Å². The van der Waals surface area contributed by atoms with Crippen LogP contribution < -0.4 is 14.2 Å². The van der Waals surface area contributed by atoms with Crippen LogP contribution in [0.2, 0.25) is 5.02 Å². The first kappa shape index (κ1) is 23.7. The van der Waals surface area contributed by atoms with Crippen molar-refractivity contribution >= 4 is 21.6 Å². The lowest BCUT2D eigenvalue weighted by atomic mass is 10.1. The molecule has 170 valence electrons. The molecular formula is C22H29ClN2O5S. The van der Waals surface area contributed by atoms with Crippen LogP contribution in [0.4, 0.5) is 0 Å². The molecule has 1 heterocycles. The Morgan fingerprint density at radius 3 is 2.13 bits per heavy atom. The lowest BCUT2D eigenvalue weighted by Crippen LogP contribution is -2.48. The minimum Gasteiger partial charge on any atom is -0.493 e. The molecule has 1 fully saturated rings. The van der Waals surface area contributed by atoms with Gasteiger partial charge in [-0.25, -0.2) is 8.42 Å². The fourth-order valence-corrected chi connectivity index (χ4v) is 5.76. The van der Waals surface area contributed by atoms with Crippen molar-refractivity contribution in [3.8, 4) is 17.2 Å². The van der Waals surface area contributed by atoms with E-state index in [0.29, 0.717) is 65.5 Å². The van der Waals surface area contributed by atoms with Crippen molar-refractivity contribution in [1.82, 2.24) is 9.21 Å². The molecule has 0 spiro atoms. The predicted octanol–water partition coefficient (Wildman–Crippen LogP) is 3.49. The van der Waals surface area contributed by atoms with Gasteiger partial charge in [0, 0.05) is 43.3 Å².